The molecular formula is C19H22ClFN2. The maximum absolute atomic E-state index is 14.1. The van der Waals surface area contributed by atoms with Crippen LogP contribution in [0.2, 0.25) is 5.02 Å². The number of hydrogen-bond donors (Lipinski definition) is 0. The highest BCUT2D eigenvalue weighted by Crippen LogP contribution is 2.27. The van der Waals surface area contributed by atoms with Gasteiger partial charge in [0.15, 0.2) is 0 Å². The zero-order valence-corrected chi connectivity index (χ0v) is 14.8. The van der Waals surface area contributed by atoms with Crippen molar-refractivity contribution in [2.24, 2.45) is 4.99 Å². The van der Waals surface area contributed by atoms with E-state index in [1.165, 1.54) is 0 Å². The van der Waals surface area contributed by atoms with Crippen LogP contribution in [0.1, 0.15) is 29.2 Å². The number of benzene rings is 2. The summed E-state index contributed by atoms with van der Waals surface area (Å²) < 4.78 is 14.1. The largest absolute Gasteiger partial charge is 0.366 e. The third-order valence-electron chi connectivity index (χ3n) is 3.96. The van der Waals surface area contributed by atoms with Gasteiger partial charge in [-0.1, -0.05) is 29.8 Å². The summed E-state index contributed by atoms with van der Waals surface area (Å²) in [5, 5.41) is 0.167. The molecule has 0 bridgehead atoms. The maximum atomic E-state index is 14.1. The first-order chi connectivity index (χ1) is 10.9. The van der Waals surface area contributed by atoms with Crippen molar-refractivity contribution in [3.8, 4) is 0 Å². The van der Waals surface area contributed by atoms with Crippen LogP contribution in [-0.4, -0.2) is 24.8 Å². The second-order valence-corrected chi connectivity index (χ2v) is 6.18. The molecule has 0 amide bonds. The third kappa shape index (κ3) is 4.32. The van der Waals surface area contributed by atoms with Crippen molar-refractivity contribution in [2.75, 3.05) is 13.6 Å². The average Bonchev–Trinajstić information content (AvgIpc) is 2.53. The molecule has 0 saturated heterocycles. The smallest absolute Gasteiger partial charge is 0.145 e. The molecule has 0 aliphatic carbocycles. The normalized spacial score (nSPS) is 11.2. The lowest BCUT2D eigenvalue weighted by atomic mass is 9.97. The molecule has 0 aromatic heterocycles. The van der Waals surface area contributed by atoms with Gasteiger partial charge >= 0.3 is 0 Å². The maximum Gasteiger partial charge on any atom is 0.145 e. The number of aliphatic imine (C=N–C) groups is 1. The van der Waals surface area contributed by atoms with Crippen LogP contribution < -0.4 is 0 Å². The van der Waals surface area contributed by atoms with E-state index in [1.807, 2.05) is 38.2 Å². The molecule has 122 valence electrons. The fourth-order valence-electron chi connectivity index (χ4n) is 2.32. The summed E-state index contributed by atoms with van der Waals surface area (Å²) >= 11 is 5.86. The Labute approximate surface area is 142 Å². The van der Waals surface area contributed by atoms with Crippen molar-refractivity contribution in [1.82, 2.24) is 4.90 Å². The fourth-order valence-corrected chi connectivity index (χ4v) is 2.52. The molecule has 2 rings (SSSR count). The summed E-state index contributed by atoms with van der Waals surface area (Å²) in [7, 11) is 1.99. The predicted molar refractivity (Wildman–Crippen MR) is 96.6 cm³/mol. The van der Waals surface area contributed by atoms with Crippen molar-refractivity contribution in [3.05, 3.63) is 63.4 Å². The lowest BCUT2D eigenvalue weighted by Crippen LogP contribution is -2.14. The van der Waals surface area contributed by atoms with Crippen LogP contribution in [0, 0.1) is 19.7 Å². The highest BCUT2D eigenvalue weighted by atomic mass is 35.5. The van der Waals surface area contributed by atoms with Crippen LogP contribution in [0.5, 0.6) is 0 Å². The summed E-state index contributed by atoms with van der Waals surface area (Å²) in [5.74, 6) is -0.335. The van der Waals surface area contributed by atoms with E-state index in [0.717, 1.165) is 28.9 Å². The van der Waals surface area contributed by atoms with E-state index in [-0.39, 0.29) is 10.8 Å². The van der Waals surface area contributed by atoms with Crippen LogP contribution in [-0.2, 0) is 6.42 Å². The van der Waals surface area contributed by atoms with Crippen LogP contribution in [0.3, 0.4) is 0 Å². The van der Waals surface area contributed by atoms with Gasteiger partial charge in [-0.3, -0.25) is 0 Å². The molecule has 0 spiro atoms. The molecule has 0 unspecified atom stereocenters. The van der Waals surface area contributed by atoms with E-state index in [1.54, 1.807) is 18.2 Å². The van der Waals surface area contributed by atoms with Gasteiger partial charge in [0.1, 0.15) is 5.82 Å². The van der Waals surface area contributed by atoms with E-state index < -0.39 is 0 Å². The fraction of sp³-hybridized carbons (Fsp3) is 0.316. The van der Waals surface area contributed by atoms with Gasteiger partial charge in [0.05, 0.1) is 17.0 Å². The van der Waals surface area contributed by atoms with E-state index >= 15 is 0 Å². The number of aryl methyl sites for hydroxylation is 2. The number of nitrogens with zero attached hydrogens (tertiary/aromatic N) is 2. The quantitative estimate of drug-likeness (QED) is 0.536. The third-order valence-corrected chi connectivity index (χ3v) is 4.25. The monoisotopic (exact) mass is 332 g/mol. The van der Waals surface area contributed by atoms with Crippen molar-refractivity contribution < 1.29 is 4.39 Å². The summed E-state index contributed by atoms with van der Waals surface area (Å²) in [6.45, 7) is 7.04. The van der Waals surface area contributed by atoms with E-state index in [9.17, 15) is 4.39 Å². The van der Waals surface area contributed by atoms with Crippen molar-refractivity contribution in [1.29, 1.82) is 0 Å². The first-order valence-electron chi connectivity index (χ1n) is 7.69. The van der Waals surface area contributed by atoms with Crippen molar-refractivity contribution >= 4 is 23.6 Å². The average molecular weight is 333 g/mol. The Bertz CT molecular complexity index is 726. The minimum Gasteiger partial charge on any atom is -0.366 e. The molecule has 2 aromatic carbocycles. The Balaban J connectivity index is 2.30. The zero-order valence-electron chi connectivity index (χ0n) is 14.0. The molecular weight excluding hydrogens is 311 g/mol. The Morgan fingerprint density at radius 2 is 1.91 bits per heavy atom. The minimum atomic E-state index is -0.335. The predicted octanol–water partition coefficient (Wildman–Crippen LogP) is 5.30. The Morgan fingerprint density at radius 3 is 2.61 bits per heavy atom. The van der Waals surface area contributed by atoms with Gasteiger partial charge in [0.2, 0.25) is 0 Å². The molecule has 0 atom stereocenters. The molecule has 0 saturated carbocycles. The van der Waals surface area contributed by atoms with E-state index in [0.29, 0.717) is 12.0 Å². The Kier molecular flexibility index (Phi) is 5.78. The minimum absolute atomic E-state index is 0.167. The summed E-state index contributed by atoms with van der Waals surface area (Å²) in [6.07, 6.45) is 2.36. The van der Waals surface area contributed by atoms with Crippen LogP contribution in [0.15, 0.2) is 35.3 Å². The molecule has 0 aliphatic rings. The second kappa shape index (κ2) is 7.60. The number of hydrogen-bond acceptors (Lipinski definition) is 1. The van der Waals surface area contributed by atoms with Crippen LogP contribution in [0.25, 0.3) is 0 Å². The molecule has 0 heterocycles. The van der Waals surface area contributed by atoms with E-state index in [4.69, 9.17) is 11.6 Å². The molecule has 23 heavy (non-hydrogen) atoms. The van der Waals surface area contributed by atoms with Gasteiger partial charge < -0.3 is 4.90 Å². The first-order valence-corrected chi connectivity index (χ1v) is 8.07. The molecule has 0 fully saturated rings. The van der Waals surface area contributed by atoms with Crippen LogP contribution >= 0.6 is 11.6 Å². The Hall–Kier alpha value is -1.87. The highest BCUT2D eigenvalue weighted by Gasteiger charge is 2.10. The lowest BCUT2D eigenvalue weighted by molar-refractivity contribution is 0.552. The van der Waals surface area contributed by atoms with Crippen molar-refractivity contribution in [3.63, 3.8) is 0 Å². The molecule has 2 aromatic rings. The summed E-state index contributed by atoms with van der Waals surface area (Å²) in [4.78, 5) is 6.54. The molecule has 4 heteroatoms. The Morgan fingerprint density at radius 1 is 1.17 bits per heavy atom. The SMILES string of the molecule is CCN(C)C=Nc1cc(C)c(Cc2cccc(Cl)c2F)cc1C. The van der Waals surface area contributed by atoms with Gasteiger partial charge in [-0.05, 0) is 55.2 Å². The van der Waals surface area contributed by atoms with Gasteiger partial charge in [-0.25, -0.2) is 9.38 Å². The highest BCUT2D eigenvalue weighted by molar-refractivity contribution is 6.30. The summed E-state index contributed by atoms with van der Waals surface area (Å²) in [6, 6.07) is 9.25. The van der Waals surface area contributed by atoms with E-state index in [2.05, 4.69) is 18.0 Å². The second-order valence-electron chi connectivity index (χ2n) is 5.77. The standard InChI is InChI=1S/C19H22ClFN2/c1-5-23(4)12-22-18-10-13(2)16(9-14(18)3)11-15-7-6-8-17(20)19(15)21/h6-10,12H,5,11H2,1-4H3. The number of rotatable bonds is 5. The molecule has 0 radical (unpaired) electrons. The molecule has 0 aliphatic heterocycles. The molecule has 0 N–H and O–H groups in total. The van der Waals surface area contributed by atoms with Gasteiger partial charge in [0, 0.05) is 20.0 Å². The van der Waals surface area contributed by atoms with Gasteiger partial charge in [-0.15, -0.1) is 0 Å². The van der Waals surface area contributed by atoms with Gasteiger partial charge in [0.25, 0.3) is 0 Å². The number of halogens is 2. The topological polar surface area (TPSA) is 15.6 Å². The van der Waals surface area contributed by atoms with Crippen molar-refractivity contribution in [2.45, 2.75) is 27.2 Å². The zero-order chi connectivity index (χ0) is 17.0. The first kappa shape index (κ1) is 17.5. The summed E-state index contributed by atoms with van der Waals surface area (Å²) in [5.41, 5.74) is 4.82. The molecule has 2 nitrogen and oxygen atoms in total. The lowest BCUT2D eigenvalue weighted by Gasteiger charge is -2.12. The van der Waals surface area contributed by atoms with Gasteiger partial charge in [-0.2, -0.15) is 0 Å². The van der Waals surface area contributed by atoms with Crippen LogP contribution in [0.4, 0.5) is 10.1 Å².